The molecule has 1 saturated heterocycles. The van der Waals surface area contributed by atoms with Crippen LogP contribution in [0.25, 0.3) is 0 Å². The fourth-order valence-electron chi connectivity index (χ4n) is 2.82. The summed E-state index contributed by atoms with van der Waals surface area (Å²) in [4.78, 5) is 25.2. The molecule has 1 aromatic carbocycles. The van der Waals surface area contributed by atoms with Gasteiger partial charge in [-0.3, -0.25) is 9.59 Å². The Morgan fingerprint density at radius 1 is 1.50 bits per heavy atom. The number of carbonyl (C=O) groups excluding carboxylic acids is 2. The molecule has 0 aliphatic carbocycles. The number of rotatable bonds is 5. The molecule has 1 fully saturated rings. The van der Waals surface area contributed by atoms with Crippen LogP contribution in [0.4, 0.5) is 0 Å². The lowest BCUT2D eigenvalue weighted by atomic mass is 9.97. The first kappa shape index (κ1) is 14.4. The van der Waals surface area contributed by atoms with Crippen LogP contribution in [-0.4, -0.2) is 36.4 Å². The fraction of sp³-hybridized carbons (Fsp3) is 0.467. The van der Waals surface area contributed by atoms with E-state index in [4.69, 9.17) is 10.5 Å². The second-order valence-electron chi connectivity index (χ2n) is 5.02. The molecule has 1 unspecified atom stereocenters. The van der Waals surface area contributed by atoms with E-state index in [0.717, 1.165) is 11.3 Å². The summed E-state index contributed by atoms with van der Waals surface area (Å²) in [6.07, 6.45) is 0.934. The molecule has 0 saturated carbocycles. The highest BCUT2D eigenvalue weighted by atomic mass is 16.5. The first-order valence-corrected chi connectivity index (χ1v) is 6.80. The Bertz CT molecular complexity index is 516. The summed E-state index contributed by atoms with van der Waals surface area (Å²) in [6.45, 7) is 2.37. The Hall–Kier alpha value is -2.04. The third kappa shape index (κ3) is 2.61. The number of benzene rings is 1. The van der Waals surface area contributed by atoms with Crippen molar-refractivity contribution in [1.29, 1.82) is 0 Å². The lowest BCUT2D eigenvalue weighted by Crippen LogP contribution is -2.45. The van der Waals surface area contributed by atoms with Gasteiger partial charge in [-0.15, -0.1) is 0 Å². The molecule has 1 aliphatic rings. The SMILES string of the molecule is CC[C@@H](C(N)=O)N1CC(c2ccccc2OC)CC1=O. The Morgan fingerprint density at radius 2 is 2.20 bits per heavy atom. The molecule has 1 aromatic rings. The molecule has 2 rings (SSSR count). The Balaban J connectivity index is 2.22. The molecule has 0 radical (unpaired) electrons. The zero-order chi connectivity index (χ0) is 14.7. The van der Waals surface area contributed by atoms with Crippen LogP contribution in [-0.2, 0) is 9.59 Å². The monoisotopic (exact) mass is 276 g/mol. The number of likely N-dealkylation sites (tertiary alicyclic amines) is 1. The van der Waals surface area contributed by atoms with Crippen LogP contribution >= 0.6 is 0 Å². The molecular formula is C15H20N2O3. The number of carbonyl (C=O) groups is 2. The van der Waals surface area contributed by atoms with E-state index in [2.05, 4.69) is 0 Å². The largest absolute Gasteiger partial charge is 0.496 e. The third-order valence-corrected chi connectivity index (χ3v) is 3.83. The molecule has 0 spiro atoms. The van der Waals surface area contributed by atoms with Gasteiger partial charge in [-0.1, -0.05) is 25.1 Å². The minimum atomic E-state index is -0.512. The second-order valence-corrected chi connectivity index (χ2v) is 5.02. The van der Waals surface area contributed by atoms with E-state index < -0.39 is 11.9 Å². The van der Waals surface area contributed by atoms with Gasteiger partial charge in [-0.25, -0.2) is 0 Å². The van der Waals surface area contributed by atoms with Crippen molar-refractivity contribution < 1.29 is 14.3 Å². The summed E-state index contributed by atoms with van der Waals surface area (Å²) in [5.41, 5.74) is 6.38. The average Bonchev–Trinajstić information content (AvgIpc) is 2.81. The normalized spacial score (nSPS) is 20.0. The molecule has 2 N–H and O–H groups in total. The van der Waals surface area contributed by atoms with Gasteiger partial charge in [-0.2, -0.15) is 0 Å². The molecule has 2 amide bonds. The van der Waals surface area contributed by atoms with Crippen molar-refractivity contribution in [2.75, 3.05) is 13.7 Å². The Labute approximate surface area is 118 Å². The van der Waals surface area contributed by atoms with Crippen LogP contribution in [0.5, 0.6) is 5.75 Å². The Morgan fingerprint density at radius 3 is 2.80 bits per heavy atom. The van der Waals surface area contributed by atoms with Crippen LogP contribution in [0.3, 0.4) is 0 Å². The van der Waals surface area contributed by atoms with Crippen molar-refractivity contribution in [1.82, 2.24) is 4.90 Å². The predicted octanol–water partition coefficient (Wildman–Crippen LogP) is 1.27. The van der Waals surface area contributed by atoms with Crippen molar-refractivity contribution in [3.05, 3.63) is 29.8 Å². The number of para-hydroxylation sites is 1. The van der Waals surface area contributed by atoms with Gasteiger partial charge in [0.15, 0.2) is 0 Å². The average molecular weight is 276 g/mol. The number of amides is 2. The van der Waals surface area contributed by atoms with Gasteiger partial charge in [-0.05, 0) is 18.1 Å². The second kappa shape index (κ2) is 5.94. The maximum atomic E-state index is 12.1. The van der Waals surface area contributed by atoms with E-state index in [9.17, 15) is 9.59 Å². The van der Waals surface area contributed by atoms with Gasteiger partial charge in [0.1, 0.15) is 11.8 Å². The lowest BCUT2D eigenvalue weighted by Gasteiger charge is -2.24. The highest BCUT2D eigenvalue weighted by Gasteiger charge is 2.37. The quantitative estimate of drug-likeness (QED) is 0.880. The van der Waals surface area contributed by atoms with Gasteiger partial charge >= 0.3 is 0 Å². The molecule has 1 heterocycles. The van der Waals surface area contributed by atoms with Crippen LogP contribution in [0.1, 0.15) is 31.2 Å². The van der Waals surface area contributed by atoms with Gasteiger partial charge in [0, 0.05) is 18.9 Å². The summed E-state index contributed by atoms with van der Waals surface area (Å²) >= 11 is 0. The van der Waals surface area contributed by atoms with Crippen molar-refractivity contribution in [3.63, 3.8) is 0 Å². The fourth-order valence-corrected chi connectivity index (χ4v) is 2.82. The number of nitrogens with zero attached hydrogens (tertiary/aromatic N) is 1. The number of hydrogen-bond acceptors (Lipinski definition) is 3. The van der Waals surface area contributed by atoms with E-state index in [1.165, 1.54) is 0 Å². The van der Waals surface area contributed by atoms with Crippen LogP contribution in [0, 0.1) is 0 Å². The minimum absolute atomic E-state index is 0.0217. The van der Waals surface area contributed by atoms with E-state index in [-0.39, 0.29) is 11.8 Å². The lowest BCUT2D eigenvalue weighted by molar-refractivity contribution is -0.136. The van der Waals surface area contributed by atoms with Gasteiger partial charge in [0.25, 0.3) is 0 Å². The first-order valence-electron chi connectivity index (χ1n) is 6.80. The van der Waals surface area contributed by atoms with Crippen LogP contribution in [0.15, 0.2) is 24.3 Å². The standard InChI is InChI=1S/C15H20N2O3/c1-3-12(15(16)19)17-9-10(8-14(17)18)11-6-4-5-7-13(11)20-2/h4-7,10,12H,3,8-9H2,1-2H3,(H2,16,19)/t10?,12-/m0/s1. The third-order valence-electron chi connectivity index (χ3n) is 3.83. The summed E-state index contributed by atoms with van der Waals surface area (Å²) in [5.74, 6) is 0.361. The Kier molecular flexibility index (Phi) is 4.27. The summed E-state index contributed by atoms with van der Waals surface area (Å²) in [5, 5.41) is 0. The van der Waals surface area contributed by atoms with E-state index in [0.29, 0.717) is 19.4 Å². The summed E-state index contributed by atoms with van der Waals surface area (Å²) < 4.78 is 5.34. The first-order chi connectivity index (χ1) is 9.58. The van der Waals surface area contributed by atoms with Crippen LogP contribution < -0.4 is 10.5 Å². The number of nitrogens with two attached hydrogens (primary N) is 1. The van der Waals surface area contributed by atoms with Gasteiger partial charge in [0.05, 0.1) is 7.11 Å². The zero-order valence-electron chi connectivity index (χ0n) is 11.8. The minimum Gasteiger partial charge on any atom is -0.496 e. The molecule has 0 bridgehead atoms. The zero-order valence-corrected chi connectivity index (χ0v) is 11.8. The smallest absolute Gasteiger partial charge is 0.240 e. The van der Waals surface area contributed by atoms with Gasteiger partial charge in [0.2, 0.25) is 11.8 Å². The van der Waals surface area contributed by atoms with E-state index in [1.54, 1.807) is 12.0 Å². The highest BCUT2D eigenvalue weighted by Crippen LogP contribution is 2.35. The number of methoxy groups -OCH3 is 1. The number of primary amides is 1. The molecule has 2 atom stereocenters. The molecular weight excluding hydrogens is 256 g/mol. The number of ether oxygens (including phenoxy) is 1. The highest BCUT2D eigenvalue weighted by molar-refractivity contribution is 5.88. The van der Waals surface area contributed by atoms with Crippen molar-refractivity contribution in [2.24, 2.45) is 5.73 Å². The molecule has 5 nitrogen and oxygen atoms in total. The van der Waals surface area contributed by atoms with Crippen LogP contribution in [0.2, 0.25) is 0 Å². The molecule has 0 aromatic heterocycles. The molecule has 20 heavy (non-hydrogen) atoms. The number of hydrogen-bond donors (Lipinski definition) is 1. The van der Waals surface area contributed by atoms with E-state index >= 15 is 0 Å². The maximum absolute atomic E-state index is 12.1. The maximum Gasteiger partial charge on any atom is 0.240 e. The molecule has 108 valence electrons. The van der Waals surface area contributed by atoms with Crippen molar-refractivity contribution in [3.8, 4) is 5.75 Å². The van der Waals surface area contributed by atoms with Crippen molar-refractivity contribution >= 4 is 11.8 Å². The van der Waals surface area contributed by atoms with E-state index in [1.807, 2.05) is 31.2 Å². The topological polar surface area (TPSA) is 72.6 Å². The van der Waals surface area contributed by atoms with Crippen molar-refractivity contribution in [2.45, 2.75) is 31.7 Å². The molecule has 1 aliphatic heterocycles. The predicted molar refractivity (Wildman–Crippen MR) is 75.3 cm³/mol. The van der Waals surface area contributed by atoms with Gasteiger partial charge < -0.3 is 15.4 Å². The molecule has 5 heteroatoms. The summed E-state index contributed by atoms with van der Waals surface area (Å²) in [7, 11) is 1.62. The summed E-state index contributed by atoms with van der Waals surface area (Å²) in [6, 6.07) is 7.16.